The minimum Gasteiger partial charge on any atom is -0.353 e. The van der Waals surface area contributed by atoms with Gasteiger partial charge in [-0.15, -0.1) is 0 Å². The lowest BCUT2D eigenvalue weighted by Gasteiger charge is -2.33. The number of likely N-dealkylation sites (N-methyl/N-ethyl adjacent to an activating group) is 1. The van der Waals surface area contributed by atoms with Crippen LogP contribution >= 0.6 is 0 Å². The zero-order valence-electron chi connectivity index (χ0n) is 17.5. The second kappa shape index (κ2) is 8.31. The first-order chi connectivity index (χ1) is 15.2. The van der Waals surface area contributed by atoms with Crippen molar-refractivity contribution < 1.29 is 4.79 Å². The van der Waals surface area contributed by atoms with E-state index in [2.05, 4.69) is 37.1 Å². The number of carbonyl (C=O) groups is 1. The lowest BCUT2D eigenvalue weighted by molar-refractivity contribution is 0.0957. The molecule has 158 valence electrons. The first-order valence-electron chi connectivity index (χ1n) is 10.6. The van der Waals surface area contributed by atoms with Crippen molar-refractivity contribution in [1.82, 2.24) is 29.6 Å². The molecule has 8 heteroatoms. The number of nitrogens with one attached hydrogen (secondary N) is 1. The summed E-state index contributed by atoms with van der Waals surface area (Å²) in [7, 11) is 2.13. The second-order valence-corrected chi connectivity index (χ2v) is 7.88. The van der Waals surface area contributed by atoms with Gasteiger partial charge < -0.3 is 19.5 Å². The van der Waals surface area contributed by atoms with Gasteiger partial charge in [-0.3, -0.25) is 9.78 Å². The molecule has 1 saturated heterocycles. The van der Waals surface area contributed by atoms with E-state index in [0.29, 0.717) is 12.1 Å². The van der Waals surface area contributed by atoms with E-state index in [1.807, 2.05) is 40.9 Å². The van der Waals surface area contributed by atoms with E-state index in [1.54, 1.807) is 18.7 Å². The topological polar surface area (TPSA) is 78.7 Å². The molecule has 0 atom stereocenters. The van der Waals surface area contributed by atoms with Crippen molar-refractivity contribution in [3.05, 3.63) is 66.4 Å². The number of carbonyl (C=O) groups excluding carboxylic acids is 1. The second-order valence-electron chi connectivity index (χ2n) is 7.88. The van der Waals surface area contributed by atoms with Gasteiger partial charge in [0.15, 0.2) is 5.65 Å². The number of rotatable bonds is 5. The van der Waals surface area contributed by atoms with E-state index in [1.165, 1.54) is 0 Å². The van der Waals surface area contributed by atoms with Gasteiger partial charge in [0.1, 0.15) is 12.1 Å². The molecular weight excluding hydrogens is 390 g/mol. The van der Waals surface area contributed by atoms with Gasteiger partial charge in [-0.2, -0.15) is 0 Å². The Bertz CT molecular complexity index is 1210. The molecule has 4 aromatic rings. The fourth-order valence-electron chi connectivity index (χ4n) is 4.18. The molecule has 5 rings (SSSR count). The summed E-state index contributed by atoms with van der Waals surface area (Å²) in [4.78, 5) is 31.2. The summed E-state index contributed by atoms with van der Waals surface area (Å²) in [6, 6.07) is 9.80. The molecule has 31 heavy (non-hydrogen) atoms. The highest BCUT2D eigenvalue weighted by Crippen LogP contribution is 2.32. The summed E-state index contributed by atoms with van der Waals surface area (Å²) < 4.78 is 1.98. The van der Waals surface area contributed by atoms with Crippen LogP contribution in [-0.4, -0.2) is 69.9 Å². The minimum absolute atomic E-state index is 0.0991. The van der Waals surface area contributed by atoms with E-state index in [4.69, 9.17) is 0 Å². The monoisotopic (exact) mass is 415 g/mol. The Morgan fingerprint density at radius 1 is 1.06 bits per heavy atom. The maximum Gasteiger partial charge on any atom is 0.254 e. The summed E-state index contributed by atoms with van der Waals surface area (Å²) in [5.74, 6) is 0.735. The molecule has 0 saturated carbocycles. The smallest absolute Gasteiger partial charge is 0.254 e. The molecule has 1 aliphatic rings. The Balaban J connectivity index is 1.53. The highest BCUT2D eigenvalue weighted by Gasteiger charge is 2.26. The van der Waals surface area contributed by atoms with E-state index in [0.717, 1.165) is 60.5 Å². The molecule has 4 aromatic heterocycles. The van der Waals surface area contributed by atoms with Gasteiger partial charge in [-0.1, -0.05) is 6.07 Å². The van der Waals surface area contributed by atoms with Crippen molar-refractivity contribution in [2.45, 2.75) is 6.42 Å². The number of fused-ring (bicyclic) bond motifs is 3. The zero-order chi connectivity index (χ0) is 21.2. The third kappa shape index (κ3) is 3.70. The molecule has 8 nitrogen and oxygen atoms in total. The Morgan fingerprint density at radius 3 is 2.68 bits per heavy atom. The SMILES string of the molecule is CN1CCN(c2ncnc3c2c(C(=O)NCCc2ccncc2)c2ccccn23)CC1. The number of amides is 1. The number of aromatic nitrogens is 4. The fraction of sp³-hybridized carbons (Fsp3) is 0.304. The Labute approximate surface area is 180 Å². The quantitative estimate of drug-likeness (QED) is 0.537. The van der Waals surface area contributed by atoms with Gasteiger partial charge in [0.05, 0.1) is 16.5 Å². The third-order valence-corrected chi connectivity index (χ3v) is 5.88. The maximum absolute atomic E-state index is 13.4. The van der Waals surface area contributed by atoms with Crippen LogP contribution in [0, 0.1) is 0 Å². The molecule has 1 amide bonds. The molecule has 0 bridgehead atoms. The number of nitrogens with zero attached hydrogens (tertiary/aromatic N) is 6. The molecule has 1 N–H and O–H groups in total. The van der Waals surface area contributed by atoms with Crippen LogP contribution in [-0.2, 0) is 6.42 Å². The van der Waals surface area contributed by atoms with Crippen LogP contribution in [0.15, 0.2) is 55.2 Å². The number of hydrogen-bond acceptors (Lipinski definition) is 6. The summed E-state index contributed by atoms with van der Waals surface area (Å²) in [6.07, 6.45) is 7.84. The van der Waals surface area contributed by atoms with Crippen molar-refractivity contribution in [2.75, 3.05) is 44.7 Å². The van der Waals surface area contributed by atoms with Gasteiger partial charge >= 0.3 is 0 Å². The van der Waals surface area contributed by atoms with E-state index in [9.17, 15) is 4.79 Å². The van der Waals surface area contributed by atoms with Crippen LogP contribution in [0.1, 0.15) is 15.9 Å². The lowest BCUT2D eigenvalue weighted by atomic mass is 10.1. The van der Waals surface area contributed by atoms with Crippen LogP contribution < -0.4 is 10.2 Å². The average molecular weight is 416 g/mol. The highest BCUT2D eigenvalue weighted by molar-refractivity contribution is 6.16. The molecule has 1 aliphatic heterocycles. The summed E-state index contributed by atoms with van der Waals surface area (Å²) in [5, 5.41) is 3.92. The third-order valence-electron chi connectivity index (χ3n) is 5.88. The number of pyridine rings is 2. The Hall–Kier alpha value is -3.52. The molecule has 1 fully saturated rings. The van der Waals surface area contributed by atoms with Gasteiger partial charge in [0.25, 0.3) is 5.91 Å². The van der Waals surface area contributed by atoms with Crippen LogP contribution in [0.4, 0.5) is 5.82 Å². The van der Waals surface area contributed by atoms with Gasteiger partial charge in [0.2, 0.25) is 0 Å². The standard InChI is InChI=1S/C23H25N7O/c1-28-12-14-29(15-13-28)21-20-19(23(31)25-10-7-17-5-8-24-9-6-17)18-4-2-3-11-30(18)22(20)27-16-26-21/h2-6,8-9,11,16H,7,10,12-15H2,1H3,(H,25,31). The van der Waals surface area contributed by atoms with Crippen molar-refractivity contribution >= 4 is 28.3 Å². The van der Waals surface area contributed by atoms with Gasteiger partial charge in [-0.05, 0) is 43.3 Å². The molecule has 0 aliphatic carbocycles. The molecular formula is C23H25N7O. The zero-order valence-corrected chi connectivity index (χ0v) is 17.5. The largest absolute Gasteiger partial charge is 0.353 e. The first-order valence-corrected chi connectivity index (χ1v) is 10.6. The number of piperazine rings is 1. The lowest BCUT2D eigenvalue weighted by Crippen LogP contribution is -2.45. The maximum atomic E-state index is 13.4. The summed E-state index contributed by atoms with van der Waals surface area (Å²) in [5.41, 5.74) is 3.39. The summed E-state index contributed by atoms with van der Waals surface area (Å²) in [6.45, 7) is 4.22. The molecule has 0 aromatic carbocycles. The normalized spacial score (nSPS) is 14.9. The van der Waals surface area contributed by atoms with E-state index in [-0.39, 0.29) is 5.91 Å². The van der Waals surface area contributed by atoms with Crippen LogP contribution in [0.25, 0.3) is 16.6 Å². The van der Waals surface area contributed by atoms with E-state index < -0.39 is 0 Å². The van der Waals surface area contributed by atoms with E-state index >= 15 is 0 Å². The summed E-state index contributed by atoms with van der Waals surface area (Å²) >= 11 is 0. The Morgan fingerprint density at radius 2 is 1.87 bits per heavy atom. The number of hydrogen-bond donors (Lipinski definition) is 1. The van der Waals surface area contributed by atoms with Crippen LogP contribution in [0.2, 0.25) is 0 Å². The minimum atomic E-state index is -0.0991. The molecule has 0 radical (unpaired) electrons. The van der Waals surface area contributed by atoms with Gasteiger partial charge in [0, 0.05) is 51.3 Å². The number of anilines is 1. The van der Waals surface area contributed by atoms with Crippen molar-refractivity contribution in [3.63, 3.8) is 0 Å². The van der Waals surface area contributed by atoms with Crippen molar-refractivity contribution in [2.24, 2.45) is 0 Å². The van der Waals surface area contributed by atoms with Crippen molar-refractivity contribution in [3.8, 4) is 0 Å². The molecule has 5 heterocycles. The predicted octanol–water partition coefficient (Wildman–Crippen LogP) is 2.00. The highest BCUT2D eigenvalue weighted by atomic mass is 16.1. The average Bonchev–Trinajstić information content (AvgIpc) is 3.15. The predicted molar refractivity (Wildman–Crippen MR) is 120 cm³/mol. The van der Waals surface area contributed by atoms with Crippen LogP contribution in [0.5, 0.6) is 0 Å². The van der Waals surface area contributed by atoms with Gasteiger partial charge in [-0.25, -0.2) is 9.97 Å². The first kappa shape index (κ1) is 19.4. The van der Waals surface area contributed by atoms with Crippen LogP contribution in [0.3, 0.4) is 0 Å². The molecule has 0 unspecified atom stereocenters. The van der Waals surface area contributed by atoms with Crippen molar-refractivity contribution in [1.29, 1.82) is 0 Å². The Kier molecular flexibility index (Phi) is 5.21. The fourth-order valence-corrected chi connectivity index (χ4v) is 4.18. The molecule has 0 spiro atoms.